The van der Waals surface area contributed by atoms with Crippen LogP contribution in [-0.4, -0.2) is 72.8 Å². The predicted molar refractivity (Wildman–Crippen MR) is 97.2 cm³/mol. The second-order valence-electron chi connectivity index (χ2n) is 5.67. The first-order chi connectivity index (χ1) is 10.8. The number of morpholine rings is 1. The van der Waals surface area contributed by atoms with Crippen LogP contribution in [0.2, 0.25) is 0 Å². The van der Waals surface area contributed by atoms with Crippen LogP contribution in [0.3, 0.4) is 0 Å². The molecule has 24 heavy (non-hydrogen) atoms. The molecule has 7 nitrogen and oxygen atoms in total. The maximum absolute atomic E-state index is 12.4. The Kier molecular flexibility index (Phi) is 9.28. The molecule has 2 saturated heterocycles. The summed E-state index contributed by atoms with van der Waals surface area (Å²) in [6.07, 6.45) is 4.92. The van der Waals surface area contributed by atoms with Gasteiger partial charge in [0, 0.05) is 51.7 Å². The third kappa shape index (κ3) is 5.73. The first-order valence-corrected chi connectivity index (χ1v) is 7.95. The van der Waals surface area contributed by atoms with E-state index in [9.17, 15) is 4.79 Å². The second kappa shape index (κ2) is 10.7. The number of carbonyl (C=O) groups is 1. The molecule has 1 unspecified atom stereocenters. The van der Waals surface area contributed by atoms with Crippen LogP contribution in [-0.2, 0) is 9.53 Å². The van der Waals surface area contributed by atoms with Crippen molar-refractivity contribution in [1.29, 1.82) is 0 Å². The highest BCUT2D eigenvalue weighted by Gasteiger charge is 2.24. The Morgan fingerprint density at radius 1 is 1.21 bits per heavy atom. The third-order valence-electron chi connectivity index (χ3n) is 4.09. The van der Waals surface area contributed by atoms with E-state index >= 15 is 0 Å². The number of hydrogen-bond donors (Lipinski definition) is 1. The topological polar surface area (TPSA) is 70.6 Å². The predicted octanol–water partition coefficient (Wildman–Crippen LogP) is 0.737. The van der Waals surface area contributed by atoms with Gasteiger partial charge in [-0.15, -0.1) is 24.8 Å². The lowest BCUT2D eigenvalue weighted by Gasteiger charge is -2.27. The van der Waals surface area contributed by atoms with Gasteiger partial charge in [0.25, 0.3) is 0 Å². The van der Waals surface area contributed by atoms with E-state index in [0.29, 0.717) is 13.0 Å². The molecule has 1 atom stereocenters. The maximum atomic E-state index is 12.4. The molecule has 0 aliphatic carbocycles. The smallest absolute Gasteiger partial charge is 0.225 e. The minimum Gasteiger partial charge on any atom is -0.375 e. The number of carbonyl (C=O) groups excluding carboxylic acids is 1. The number of nitrogens with zero attached hydrogens (tertiary/aromatic N) is 4. The number of ether oxygens (including phenoxy) is 1. The lowest BCUT2D eigenvalue weighted by molar-refractivity contribution is -0.134. The second-order valence-corrected chi connectivity index (χ2v) is 5.67. The Bertz CT molecular complexity index is 488. The zero-order valence-corrected chi connectivity index (χ0v) is 15.2. The number of amides is 1. The number of nitrogens with one attached hydrogen (secondary N) is 1. The summed E-state index contributed by atoms with van der Waals surface area (Å²) in [7, 11) is 0. The highest BCUT2D eigenvalue weighted by Crippen LogP contribution is 2.12. The summed E-state index contributed by atoms with van der Waals surface area (Å²) in [6.45, 7) is 5.51. The molecule has 3 rings (SSSR count). The summed E-state index contributed by atoms with van der Waals surface area (Å²) in [5, 5.41) is 3.26. The molecule has 2 fully saturated rings. The van der Waals surface area contributed by atoms with Gasteiger partial charge in [0.15, 0.2) is 0 Å². The van der Waals surface area contributed by atoms with Gasteiger partial charge in [0.05, 0.1) is 19.1 Å². The fraction of sp³-hybridized carbons (Fsp3) is 0.667. The van der Waals surface area contributed by atoms with Crippen LogP contribution in [0.5, 0.6) is 0 Å². The Hall–Kier alpha value is -1.15. The lowest BCUT2D eigenvalue weighted by atomic mass is 10.2. The Morgan fingerprint density at radius 3 is 2.71 bits per heavy atom. The molecule has 0 radical (unpaired) electrons. The monoisotopic (exact) mass is 377 g/mol. The van der Waals surface area contributed by atoms with Crippen molar-refractivity contribution < 1.29 is 9.53 Å². The molecule has 9 heteroatoms. The average Bonchev–Trinajstić information content (AvgIpc) is 2.83. The molecule has 0 bridgehead atoms. The molecule has 1 aromatic rings. The molecule has 0 saturated carbocycles. The molecule has 1 aromatic heterocycles. The van der Waals surface area contributed by atoms with Crippen LogP contribution in [0.1, 0.15) is 12.8 Å². The fourth-order valence-corrected chi connectivity index (χ4v) is 2.90. The number of halogens is 2. The average molecular weight is 378 g/mol. The molecular formula is C15H25Cl2N5O2. The first-order valence-electron chi connectivity index (χ1n) is 7.95. The Balaban J connectivity index is 0.00000144. The van der Waals surface area contributed by atoms with E-state index in [-0.39, 0.29) is 36.8 Å². The van der Waals surface area contributed by atoms with Crippen molar-refractivity contribution >= 4 is 36.7 Å². The molecule has 2 aliphatic heterocycles. The van der Waals surface area contributed by atoms with Gasteiger partial charge < -0.3 is 19.9 Å². The fourth-order valence-electron chi connectivity index (χ4n) is 2.90. The van der Waals surface area contributed by atoms with Crippen LogP contribution in [0, 0.1) is 0 Å². The lowest BCUT2D eigenvalue weighted by Crippen LogP contribution is -2.43. The largest absolute Gasteiger partial charge is 0.375 e. The van der Waals surface area contributed by atoms with Gasteiger partial charge in [-0.2, -0.15) is 0 Å². The quantitative estimate of drug-likeness (QED) is 0.837. The van der Waals surface area contributed by atoms with E-state index in [1.807, 2.05) is 11.0 Å². The first kappa shape index (κ1) is 20.9. The van der Waals surface area contributed by atoms with Gasteiger partial charge in [-0.1, -0.05) is 0 Å². The summed E-state index contributed by atoms with van der Waals surface area (Å²) in [5.41, 5.74) is 0. The molecule has 136 valence electrons. The normalized spacial score (nSPS) is 21.2. The minimum absolute atomic E-state index is 0. The van der Waals surface area contributed by atoms with Gasteiger partial charge in [-0.3, -0.25) is 4.79 Å². The van der Waals surface area contributed by atoms with E-state index in [1.165, 1.54) is 0 Å². The van der Waals surface area contributed by atoms with Crippen LogP contribution < -0.4 is 10.2 Å². The highest BCUT2D eigenvalue weighted by atomic mass is 35.5. The summed E-state index contributed by atoms with van der Waals surface area (Å²) in [4.78, 5) is 25.1. The Morgan fingerprint density at radius 2 is 2.00 bits per heavy atom. The number of hydrogen-bond acceptors (Lipinski definition) is 6. The van der Waals surface area contributed by atoms with Crippen molar-refractivity contribution in [3.8, 4) is 0 Å². The number of aromatic nitrogens is 2. The van der Waals surface area contributed by atoms with Crippen molar-refractivity contribution in [2.45, 2.75) is 18.9 Å². The van der Waals surface area contributed by atoms with E-state index in [0.717, 1.165) is 51.6 Å². The van der Waals surface area contributed by atoms with Crippen molar-refractivity contribution in [3.05, 3.63) is 18.5 Å². The maximum Gasteiger partial charge on any atom is 0.225 e. The van der Waals surface area contributed by atoms with Crippen molar-refractivity contribution in [3.63, 3.8) is 0 Å². The van der Waals surface area contributed by atoms with Gasteiger partial charge in [0.2, 0.25) is 11.9 Å². The molecule has 0 aromatic carbocycles. The standard InChI is InChI=1S/C15H23N5O2.2ClH/c21-14(11-13-12-16-5-10-22-13)19-6-2-7-20(9-8-19)15-17-3-1-4-18-15;;/h1,3-4,13,16H,2,5-12H2;2*1H. The van der Waals surface area contributed by atoms with Gasteiger partial charge in [-0.05, 0) is 12.5 Å². The highest BCUT2D eigenvalue weighted by molar-refractivity contribution is 5.85. The Labute approximate surface area is 155 Å². The summed E-state index contributed by atoms with van der Waals surface area (Å²) >= 11 is 0. The van der Waals surface area contributed by atoms with Crippen LogP contribution >= 0.6 is 24.8 Å². The van der Waals surface area contributed by atoms with Crippen LogP contribution in [0.4, 0.5) is 5.95 Å². The van der Waals surface area contributed by atoms with Crippen LogP contribution in [0.15, 0.2) is 18.5 Å². The SMILES string of the molecule is Cl.Cl.O=C(CC1CNCCO1)N1CCCN(c2ncccn2)CC1. The number of anilines is 1. The summed E-state index contributed by atoms with van der Waals surface area (Å²) < 4.78 is 5.62. The molecule has 1 amide bonds. The van der Waals surface area contributed by atoms with Crippen molar-refractivity contribution in [1.82, 2.24) is 20.2 Å². The van der Waals surface area contributed by atoms with E-state index in [4.69, 9.17) is 4.74 Å². The molecule has 2 aliphatic rings. The van der Waals surface area contributed by atoms with E-state index < -0.39 is 0 Å². The van der Waals surface area contributed by atoms with Gasteiger partial charge in [-0.25, -0.2) is 9.97 Å². The van der Waals surface area contributed by atoms with Gasteiger partial charge in [0.1, 0.15) is 0 Å². The molecule has 3 heterocycles. The number of rotatable bonds is 3. The van der Waals surface area contributed by atoms with Crippen molar-refractivity contribution in [2.24, 2.45) is 0 Å². The molecular weight excluding hydrogens is 353 g/mol. The zero-order chi connectivity index (χ0) is 15.2. The van der Waals surface area contributed by atoms with Crippen LogP contribution in [0.25, 0.3) is 0 Å². The molecule has 0 spiro atoms. The zero-order valence-electron chi connectivity index (χ0n) is 13.6. The van der Waals surface area contributed by atoms with E-state index in [2.05, 4.69) is 20.2 Å². The summed E-state index contributed by atoms with van der Waals surface area (Å²) in [5.74, 6) is 0.932. The molecule has 1 N–H and O–H groups in total. The summed E-state index contributed by atoms with van der Waals surface area (Å²) in [6, 6.07) is 1.81. The third-order valence-corrected chi connectivity index (χ3v) is 4.09. The minimum atomic E-state index is 0. The van der Waals surface area contributed by atoms with Gasteiger partial charge >= 0.3 is 0 Å². The van der Waals surface area contributed by atoms with Crippen molar-refractivity contribution in [2.75, 3.05) is 50.8 Å². The van der Waals surface area contributed by atoms with E-state index in [1.54, 1.807) is 12.4 Å².